The summed E-state index contributed by atoms with van der Waals surface area (Å²) in [5, 5.41) is 0.994. The van der Waals surface area contributed by atoms with Crippen LogP contribution in [0.4, 0.5) is 10.5 Å². The molecule has 1 unspecified atom stereocenters. The first-order valence-corrected chi connectivity index (χ1v) is 15.1. The lowest BCUT2D eigenvalue weighted by molar-refractivity contribution is 0.0187. The molecular weight excluding hydrogens is 531 g/mol. The molecule has 1 aliphatic rings. The Labute approximate surface area is 234 Å². The van der Waals surface area contributed by atoms with E-state index in [2.05, 4.69) is 9.24 Å². The van der Waals surface area contributed by atoms with Crippen molar-refractivity contribution in [2.24, 2.45) is 5.92 Å². The first-order chi connectivity index (χ1) is 18.5. The average molecular weight is 569 g/mol. The Kier molecular flexibility index (Phi) is 8.87. The first-order valence-electron chi connectivity index (χ1n) is 13.1. The zero-order valence-electron chi connectivity index (χ0n) is 23.0. The number of nitrogens with zero attached hydrogens (tertiary/aromatic N) is 2. The van der Waals surface area contributed by atoms with E-state index in [1.165, 1.54) is 4.31 Å². The third kappa shape index (κ3) is 7.11. The van der Waals surface area contributed by atoms with Gasteiger partial charge in [0.25, 0.3) is 10.0 Å². The Balaban J connectivity index is 1.70. The predicted molar refractivity (Wildman–Crippen MR) is 159 cm³/mol. The standard InChI is InChI=1S/C30H37N2O5PS/c1-30(2,3)37-29(33)31-17-15-22(16-18-31)21-32(39(34,35)26-11-6-5-7-12-26)28-14-13-24(36-4)20-27(28)23-9-8-10-25(38)19-23/h5-14,19-20,22H,15-18,21,38H2,1-4H3. The first kappa shape index (κ1) is 28.9. The van der Waals surface area contributed by atoms with Gasteiger partial charge in [-0.15, -0.1) is 9.24 Å². The summed E-state index contributed by atoms with van der Waals surface area (Å²) in [6.45, 7) is 6.88. The SMILES string of the molecule is COc1ccc(N(CC2CCN(C(=O)OC(C)(C)C)CC2)S(=O)(=O)c2ccccc2)c(-c2cccc(P)c2)c1. The van der Waals surface area contributed by atoms with Crippen LogP contribution in [0.3, 0.4) is 0 Å². The molecule has 208 valence electrons. The number of hydrogen-bond acceptors (Lipinski definition) is 5. The van der Waals surface area contributed by atoms with Gasteiger partial charge in [0.2, 0.25) is 0 Å². The van der Waals surface area contributed by atoms with Crippen molar-refractivity contribution in [1.29, 1.82) is 0 Å². The number of carbonyl (C=O) groups is 1. The fourth-order valence-corrected chi connectivity index (χ4v) is 6.57. The fourth-order valence-electron chi connectivity index (χ4n) is 4.70. The maximum absolute atomic E-state index is 14.1. The highest BCUT2D eigenvalue weighted by atomic mass is 32.2. The van der Waals surface area contributed by atoms with Crippen LogP contribution in [-0.2, 0) is 14.8 Å². The molecule has 1 fully saturated rings. The van der Waals surface area contributed by atoms with Gasteiger partial charge in [-0.3, -0.25) is 4.31 Å². The van der Waals surface area contributed by atoms with Gasteiger partial charge in [0.1, 0.15) is 11.4 Å². The van der Waals surface area contributed by atoms with E-state index in [1.54, 1.807) is 48.4 Å². The van der Waals surface area contributed by atoms with Gasteiger partial charge in [0.05, 0.1) is 17.7 Å². The Morgan fingerprint density at radius 2 is 1.69 bits per heavy atom. The van der Waals surface area contributed by atoms with E-state index in [-0.39, 0.29) is 16.9 Å². The fraction of sp³-hybridized carbons (Fsp3) is 0.367. The summed E-state index contributed by atoms with van der Waals surface area (Å²) in [6, 6.07) is 21.9. The molecule has 7 nitrogen and oxygen atoms in total. The number of ether oxygens (including phenoxy) is 2. The molecule has 1 saturated heterocycles. The number of likely N-dealkylation sites (tertiary alicyclic amines) is 1. The molecule has 0 N–H and O–H groups in total. The van der Waals surface area contributed by atoms with E-state index in [1.807, 2.05) is 57.2 Å². The molecule has 4 rings (SSSR count). The highest BCUT2D eigenvalue weighted by Gasteiger charge is 2.33. The minimum Gasteiger partial charge on any atom is -0.497 e. The summed E-state index contributed by atoms with van der Waals surface area (Å²) in [5.41, 5.74) is 1.69. The number of carbonyl (C=O) groups excluding carboxylic acids is 1. The quantitative estimate of drug-likeness (QED) is 0.342. The second-order valence-corrected chi connectivity index (χ2v) is 13.3. The summed E-state index contributed by atoms with van der Waals surface area (Å²) in [7, 11) is 0.407. The molecule has 1 aliphatic heterocycles. The van der Waals surface area contributed by atoms with Crippen molar-refractivity contribution < 1.29 is 22.7 Å². The molecule has 1 atom stereocenters. The van der Waals surface area contributed by atoms with Crippen LogP contribution in [0, 0.1) is 5.92 Å². The maximum Gasteiger partial charge on any atom is 0.410 e. The van der Waals surface area contributed by atoms with Crippen molar-refractivity contribution >= 4 is 36.3 Å². The van der Waals surface area contributed by atoms with Gasteiger partial charge in [0.15, 0.2) is 0 Å². The number of anilines is 1. The molecule has 0 aromatic heterocycles. The zero-order valence-corrected chi connectivity index (χ0v) is 24.9. The van der Waals surface area contributed by atoms with E-state index >= 15 is 0 Å². The van der Waals surface area contributed by atoms with E-state index in [0.29, 0.717) is 43.9 Å². The van der Waals surface area contributed by atoms with Crippen LogP contribution in [0.1, 0.15) is 33.6 Å². The Morgan fingerprint density at radius 3 is 2.31 bits per heavy atom. The van der Waals surface area contributed by atoms with Crippen molar-refractivity contribution in [3.05, 3.63) is 72.8 Å². The molecule has 9 heteroatoms. The smallest absolute Gasteiger partial charge is 0.410 e. The number of rotatable bonds is 7. The highest BCUT2D eigenvalue weighted by molar-refractivity contribution is 7.92. The Morgan fingerprint density at radius 1 is 1.00 bits per heavy atom. The summed E-state index contributed by atoms with van der Waals surface area (Å²) in [6.07, 6.45) is 1.02. The Bertz CT molecular complexity index is 1400. The second kappa shape index (κ2) is 12.0. The van der Waals surface area contributed by atoms with Crippen molar-refractivity contribution in [1.82, 2.24) is 4.90 Å². The van der Waals surface area contributed by atoms with E-state index in [4.69, 9.17) is 9.47 Å². The monoisotopic (exact) mass is 568 g/mol. The number of piperidine rings is 1. The van der Waals surface area contributed by atoms with Gasteiger partial charge in [-0.25, -0.2) is 13.2 Å². The van der Waals surface area contributed by atoms with Crippen LogP contribution >= 0.6 is 9.24 Å². The maximum atomic E-state index is 14.1. The minimum atomic E-state index is -3.89. The molecule has 39 heavy (non-hydrogen) atoms. The molecule has 1 heterocycles. The molecule has 0 saturated carbocycles. The van der Waals surface area contributed by atoms with Crippen LogP contribution in [0.2, 0.25) is 0 Å². The van der Waals surface area contributed by atoms with E-state index in [9.17, 15) is 13.2 Å². The molecule has 0 radical (unpaired) electrons. The van der Waals surface area contributed by atoms with Gasteiger partial charge in [-0.2, -0.15) is 0 Å². The summed E-state index contributed by atoms with van der Waals surface area (Å²) in [5.74, 6) is 0.704. The summed E-state index contributed by atoms with van der Waals surface area (Å²) >= 11 is 0. The normalized spacial score (nSPS) is 14.6. The molecular formula is C30H37N2O5PS. The van der Waals surface area contributed by atoms with Crippen LogP contribution in [0.15, 0.2) is 77.7 Å². The number of amides is 1. The van der Waals surface area contributed by atoms with Crippen LogP contribution in [0.25, 0.3) is 11.1 Å². The van der Waals surface area contributed by atoms with Gasteiger partial charge in [0, 0.05) is 25.2 Å². The lowest BCUT2D eigenvalue weighted by Gasteiger charge is -2.36. The van der Waals surface area contributed by atoms with E-state index < -0.39 is 15.6 Å². The van der Waals surface area contributed by atoms with Crippen molar-refractivity contribution in [2.75, 3.05) is 31.0 Å². The number of sulfonamides is 1. The topological polar surface area (TPSA) is 76.2 Å². The third-order valence-electron chi connectivity index (χ3n) is 6.69. The lowest BCUT2D eigenvalue weighted by atomic mass is 9.96. The van der Waals surface area contributed by atoms with Crippen molar-refractivity contribution in [3.63, 3.8) is 0 Å². The third-order valence-corrected chi connectivity index (χ3v) is 8.84. The summed E-state index contributed by atoms with van der Waals surface area (Å²) < 4.78 is 40.9. The molecule has 1 amide bonds. The molecule has 0 aliphatic carbocycles. The lowest BCUT2D eigenvalue weighted by Crippen LogP contribution is -2.44. The van der Waals surface area contributed by atoms with Crippen LogP contribution in [0.5, 0.6) is 5.75 Å². The molecule has 3 aromatic carbocycles. The molecule has 3 aromatic rings. The van der Waals surface area contributed by atoms with Crippen molar-refractivity contribution in [2.45, 2.75) is 44.1 Å². The predicted octanol–water partition coefficient (Wildman–Crippen LogP) is 5.71. The van der Waals surface area contributed by atoms with Gasteiger partial charge in [-0.05, 0) is 86.8 Å². The molecule has 0 spiro atoms. The van der Waals surface area contributed by atoms with Gasteiger partial charge < -0.3 is 14.4 Å². The molecule has 0 bridgehead atoms. The van der Waals surface area contributed by atoms with Crippen LogP contribution < -0.4 is 14.3 Å². The largest absolute Gasteiger partial charge is 0.497 e. The zero-order chi connectivity index (χ0) is 28.2. The number of methoxy groups -OCH3 is 1. The van der Waals surface area contributed by atoms with Gasteiger partial charge in [-0.1, -0.05) is 36.4 Å². The second-order valence-electron chi connectivity index (χ2n) is 10.8. The van der Waals surface area contributed by atoms with E-state index in [0.717, 1.165) is 16.4 Å². The number of hydrogen-bond donors (Lipinski definition) is 0. The van der Waals surface area contributed by atoms with Gasteiger partial charge >= 0.3 is 6.09 Å². The number of benzene rings is 3. The highest BCUT2D eigenvalue weighted by Crippen LogP contribution is 2.38. The van der Waals surface area contributed by atoms with Crippen molar-refractivity contribution in [3.8, 4) is 16.9 Å². The van der Waals surface area contributed by atoms with Crippen LogP contribution in [-0.4, -0.2) is 51.8 Å². The average Bonchev–Trinajstić information content (AvgIpc) is 2.91. The minimum absolute atomic E-state index is 0.0604. The Hall–Kier alpha value is -3.09. The summed E-state index contributed by atoms with van der Waals surface area (Å²) in [4.78, 5) is 14.5.